The number of carbonyl (C=O) groups excluding carboxylic acids is 1. The third kappa shape index (κ3) is 3.06. The van der Waals surface area contributed by atoms with Crippen molar-refractivity contribution in [2.75, 3.05) is 26.3 Å². The van der Waals surface area contributed by atoms with E-state index in [0.717, 1.165) is 5.56 Å². The number of methoxy groups -OCH3 is 2. The normalized spacial score (nSPS) is 21.2. The Hall–Kier alpha value is -3.68. The minimum atomic E-state index is -1.06. The van der Waals surface area contributed by atoms with Crippen LogP contribution in [0.15, 0.2) is 41.6 Å². The summed E-state index contributed by atoms with van der Waals surface area (Å²) >= 11 is 0. The fourth-order valence-corrected chi connectivity index (χ4v) is 4.61. The Bertz CT molecular complexity index is 1140. The quantitative estimate of drug-likeness (QED) is 0.771. The van der Waals surface area contributed by atoms with Gasteiger partial charge in [0.25, 0.3) is 0 Å². The van der Waals surface area contributed by atoms with Crippen LogP contribution in [0.5, 0.6) is 23.0 Å². The number of allylic oxidation sites excluding steroid dienone is 1. The number of ether oxygens (including phenoxy) is 4. The Kier molecular flexibility index (Phi) is 4.50. The number of hydrogen-bond acceptors (Lipinski definition) is 7. The fourth-order valence-electron chi connectivity index (χ4n) is 4.61. The molecule has 0 aromatic heterocycles. The van der Waals surface area contributed by atoms with Crippen LogP contribution >= 0.6 is 0 Å². The van der Waals surface area contributed by atoms with Crippen molar-refractivity contribution in [3.05, 3.63) is 52.7 Å². The van der Waals surface area contributed by atoms with E-state index in [2.05, 4.69) is 5.32 Å². The summed E-state index contributed by atoms with van der Waals surface area (Å²) in [4.78, 5) is 25.4. The molecule has 2 aromatic carbocycles. The van der Waals surface area contributed by atoms with Crippen molar-refractivity contribution < 1.29 is 33.6 Å². The molecule has 8 nitrogen and oxygen atoms in total. The van der Waals surface area contributed by atoms with Crippen LogP contribution in [0, 0.1) is 0 Å². The maximum Gasteiger partial charge on any atom is 0.315 e. The van der Waals surface area contributed by atoms with Gasteiger partial charge in [-0.3, -0.25) is 9.59 Å². The van der Waals surface area contributed by atoms with Crippen LogP contribution in [0.1, 0.15) is 35.8 Å². The standard InChI is InChI=1S/C23H21NO7/c1-28-17-4-3-11(7-18(17)29-2)12-5-15-22(16(25)6-12)21(23(26)27)13-8-19-20(31-10-30-19)9-14(13)24-15/h3-4,7-9,12,21,24H,5-6,10H2,1-2H3,(H,26,27)/t12-,21+/m1/s1. The van der Waals surface area contributed by atoms with E-state index in [1.165, 1.54) is 0 Å². The highest BCUT2D eigenvalue weighted by atomic mass is 16.7. The zero-order valence-corrected chi connectivity index (χ0v) is 17.1. The first kappa shape index (κ1) is 19.3. The number of fused-ring (bicyclic) bond motifs is 2. The second-order valence-corrected chi connectivity index (χ2v) is 7.72. The molecule has 1 aliphatic carbocycles. The summed E-state index contributed by atoms with van der Waals surface area (Å²) in [5.41, 5.74) is 3.01. The van der Waals surface area contributed by atoms with E-state index in [9.17, 15) is 14.7 Å². The largest absolute Gasteiger partial charge is 0.493 e. The fraction of sp³-hybridized carbons (Fsp3) is 0.304. The van der Waals surface area contributed by atoms with Gasteiger partial charge in [-0.1, -0.05) is 6.07 Å². The molecule has 2 aromatic rings. The van der Waals surface area contributed by atoms with Gasteiger partial charge in [-0.2, -0.15) is 0 Å². The third-order valence-corrected chi connectivity index (χ3v) is 6.06. The molecule has 3 aliphatic rings. The molecule has 0 radical (unpaired) electrons. The van der Waals surface area contributed by atoms with Crippen LogP contribution in [0.25, 0.3) is 0 Å². The Morgan fingerprint density at radius 3 is 2.52 bits per heavy atom. The lowest BCUT2D eigenvalue weighted by atomic mass is 9.74. The van der Waals surface area contributed by atoms with E-state index in [1.54, 1.807) is 26.4 Å². The molecular weight excluding hydrogens is 402 g/mol. The molecule has 5 rings (SSSR count). The molecule has 2 aliphatic heterocycles. The number of nitrogens with one attached hydrogen (secondary N) is 1. The van der Waals surface area contributed by atoms with Crippen LogP contribution in [0.2, 0.25) is 0 Å². The molecule has 8 heteroatoms. The number of ketones is 1. The first-order valence-electron chi connectivity index (χ1n) is 9.91. The van der Waals surface area contributed by atoms with Crippen LogP contribution in [0.4, 0.5) is 5.69 Å². The predicted octanol–water partition coefficient (Wildman–Crippen LogP) is 3.43. The maximum absolute atomic E-state index is 13.2. The summed E-state index contributed by atoms with van der Waals surface area (Å²) < 4.78 is 21.5. The molecule has 160 valence electrons. The topological polar surface area (TPSA) is 103 Å². The van der Waals surface area contributed by atoms with Gasteiger partial charge in [-0.15, -0.1) is 0 Å². The molecule has 0 fully saturated rings. The molecule has 0 saturated carbocycles. The predicted molar refractivity (Wildman–Crippen MR) is 110 cm³/mol. The maximum atomic E-state index is 13.2. The summed E-state index contributed by atoms with van der Waals surface area (Å²) in [6.07, 6.45) is 0.730. The summed E-state index contributed by atoms with van der Waals surface area (Å²) in [6.45, 7) is 0.0867. The SMILES string of the molecule is COc1ccc([C@H]2CC(=O)C3=C(C2)Nc2cc4c(cc2[C@@H]3C(=O)O)OCO4)cc1OC. The van der Waals surface area contributed by atoms with Gasteiger partial charge in [0.1, 0.15) is 5.92 Å². The van der Waals surface area contributed by atoms with Crippen molar-refractivity contribution in [3.8, 4) is 23.0 Å². The van der Waals surface area contributed by atoms with Crippen molar-refractivity contribution >= 4 is 17.4 Å². The Morgan fingerprint density at radius 2 is 1.81 bits per heavy atom. The first-order valence-corrected chi connectivity index (χ1v) is 9.91. The van der Waals surface area contributed by atoms with Gasteiger partial charge >= 0.3 is 5.97 Å². The molecule has 0 bridgehead atoms. The number of carbonyl (C=O) groups is 2. The van der Waals surface area contributed by atoms with Gasteiger partial charge in [-0.25, -0.2) is 0 Å². The van der Waals surface area contributed by atoms with Crippen molar-refractivity contribution in [2.24, 2.45) is 0 Å². The van der Waals surface area contributed by atoms with Gasteiger partial charge in [0.15, 0.2) is 28.8 Å². The second kappa shape index (κ2) is 7.23. The smallest absolute Gasteiger partial charge is 0.315 e. The van der Waals surface area contributed by atoms with Gasteiger partial charge < -0.3 is 29.4 Å². The summed E-state index contributed by atoms with van der Waals surface area (Å²) in [7, 11) is 3.13. The van der Waals surface area contributed by atoms with Gasteiger partial charge in [0, 0.05) is 29.4 Å². The molecule has 2 atom stereocenters. The number of anilines is 1. The molecule has 0 spiro atoms. The molecular formula is C23H21NO7. The summed E-state index contributed by atoms with van der Waals surface area (Å²) in [5, 5.41) is 13.3. The number of aliphatic carboxylic acids is 1. The monoisotopic (exact) mass is 423 g/mol. The molecule has 2 heterocycles. The van der Waals surface area contributed by atoms with E-state index < -0.39 is 11.9 Å². The first-order chi connectivity index (χ1) is 15.0. The lowest BCUT2D eigenvalue weighted by Gasteiger charge is -2.35. The molecule has 0 unspecified atom stereocenters. The average molecular weight is 423 g/mol. The van der Waals surface area contributed by atoms with Crippen molar-refractivity contribution in [3.63, 3.8) is 0 Å². The number of benzene rings is 2. The minimum absolute atomic E-state index is 0.0867. The lowest BCUT2D eigenvalue weighted by Crippen LogP contribution is -2.32. The molecule has 31 heavy (non-hydrogen) atoms. The van der Waals surface area contributed by atoms with Gasteiger partial charge in [-0.05, 0) is 41.7 Å². The van der Waals surface area contributed by atoms with Crippen LogP contribution in [0.3, 0.4) is 0 Å². The number of hydrogen-bond donors (Lipinski definition) is 2. The minimum Gasteiger partial charge on any atom is -0.493 e. The van der Waals surface area contributed by atoms with Crippen molar-refractivity contribution in [1.29, 1.82) is 0 Å². The van der Waals surface area contributed by atoms with E-state index in [0.29, 0.717) is 51.9 Å². The van der Waals surface area contributed by atoms with E-state index in [-0.39, 0.29) is 24.9 Å². The van der Waals surface area contributed by atoms with E-state index >= 15 is 0 Å². The second-order valence-electron chi connectivity index (χ2n) is 7.72. The zero-order valence-electron chi connectivity index (χ0n) is 17.1. The summed E-state index contributed by atoms with van der Waals surface area (Å²) in [5.74, 6) is -0.148. The van der Waals surface area contributed by atoms with Crippen LogP contribution in [-0.2, 0) is 9.59 Å². The number of carboxylic acids is 1. The molecule has 0 amide bonds. The number of carboxylic acid groups (broad SMARTS) is 1. The van der Waals surface area contributed by atoms with Crippen molar-refractivity contribution in [2.45, 2.75) is 24.7 Å². The van der Waals surface area contributed by atoms with Gasteiger partial charge in [0.05, 0.1) is 14.2 Å². The third-order valence-electron chi connectivity index (χ3n) is 6.06. The highest BCUT2D eigenvalue weighted by molar-refractivity contribution is 6.06. The van der Waals surface area contributed by atoms with Crippen LogP contribution in [-0.4, -0.2) is 37.9 Å². The number of Topliss-reactive ketones (excluding diaryl/α,β-unsaturated/α-hetero) is 1. The van der Waals surface area contributed by atoms with E-state index in [1.807, 2.05) is 18.2 Å². The lowest BCUT2D eigenvalue weighted by molar-refractivity contribution is -0.138. The Morgan fingerprint density at radius 1 is 1.06 bits per heavy atom. The zero-order chi connectivity index (χ0) is 21.7. The highest BCUT2D eigenvalue weighted by Gasteiger charge is 2.42. The Labute approximate surface area is 178 Å². The van der Waals surface area contributed by atoms with E-state index in [4.69, 9.17) is 18.9 Å². The average Bonchev–Trinajstić information content (AvgIpc) is 3.22. The Balaban J connectivity index is 1.54. The molecule has 0 saturated heterocycles. The van der Waals surface area contributed by atoms with Gasteiger partial charge in [0.2, 0.25) is 6.79 Å². The summed E-state index contributed by atoms with van der Waals surface area (Å²) in [6, 6.07) is 8.98. The van der Waals surface area contributed by atoms with Crippen molar-refractivity contribution in [1.82, 2.24) is 0 Å². The number of rotatable bonds is 4. The molecule has 2 N–H and O–H groups in total. The van der Waals surface area contributed by atoms with Crippen LogP contribution < -0.4 is 24.3 Å². The highest BCUT2D eigenvalue weighted by Crippen LogP contribution is 2.49.